The first-order valence-electron chi connectivity index (χ1n) is 5.95. The molecule has 1 aromatic heterocycles. The lowest BCUT2D eigenvalue weighted by Gasteiger charge is -2.01. The highest BCUT2D eigenvalue weighted by Gasteiger charge is 2.15. The molecule has 1 aromatic rings. The molecule has 0 spiro atoms. The van der Waals surface area contributed by atoms with Crippen molar-refractivity contribution < 1.29 is 9.53 Å². The van der Waals surface area contributed by atoms with Crippen molar-refractivity contribution >= 4 is 5.97 Å². The third-order valence-corrected chi connectivity index (χ3v) is 2.96. The number of hydrogen-bond donors (Lipinski definition) is 1. The summed E-state index contributed by atoms with van der Waals surface area (Å²) in [6, 6.07) is 0. The number of carbonyl (C=O) groups excluding carboxylic acids is 1. The van der Waals surface area contributed by atoms with E-state index in [2.05, 4.69) is 22.3 Å². The van der Waals surface area contributed by atoms with Gasteiger partial charge in [0.15, 0.2) is 0 Å². The van der Waals surface area contributed by atoms with E-state index in [-0.39, 0.29) is 5.97 Å². The van der Waals surface area contributed by atoms with Crippen molar-refractivity contribution in [2.24, 2.45) is 5.92 Å². The molecule has 1 saturated carbocycles. The van der Waals surface area contributed by atoms with Gasteiger partial charge in [0.2, 0.25) is 0 Å². The van der Waals surface area contributed by atoms with Gasteiger partial charge < -0.3 is 4.74 Å². The number of hydrogen-bond acceptors (Lipinski definition) is 4. The standard InChI is InChI=1S/C12H17N3O2/c1-9-2-3-10(6-9)7-12(16)17-5-4-11-8-13-15-14-11/h7-9H,2-6H2,1H3,(H,13,14,15)/b10-7+. The Balaban J connectivity index is 1.71. The van der Waals surface area contributed by atoms with Crippen molar-refractivity contribution in [1.29, 1.82) is 0 Å². The Morgan fingerprint density at radius 1 is 1.71 bits per heavy atom. The molecule has 1 aliphatic carbocycles. The summed E-state index contributed by atoms with van der Waals surface area (Å²) < 4.78 is 5.12. The van der Waals surface area contributed by atoms with Crippen LogP contribution in [0.4, 0.5) is 0 Å². The van der Waals surface area contributed by atoms with Gasteiger partial charge in [0.1, 0.15) is 0 Å². The number of allylic oxidation sites excluding steroid dienone is 1. The van der Waals surface area contributed by atoms with Gasteiger partial charge in [-0.3, -0.25) is 0 Å². The molecule has 0 amide bonds. The second-order valence-electron chi connectivity index (χ2n) is 4.53. The number of nitrogens with zero attached hydrogens (tertiary/aromatic N) is 2. The first-order valence-corrected chi connectivity index (χ1v) is 5.95. The monoisotopic (exact) mass is 235 g/mol. The fourth-order valence-electron chi connectivity index (χ4n) is 2.02. The second-order valence-corrected chi connectivity index (χ2v) is 4.53. The summed E-state index contributed by atoms with van der Waals surface area (Å²) in [5, 5.41) is 10.1. The normalized spacial score (nSPS) is 21.9. The molecule has 1 fully saturated rings. The number of ether oxygens (including phenoxy) is 1. The van der Waals surface area contributed by atoms with Crippen LogP contribution in [0.2, 0.25) is 0 Å². The van der Waals surface area contributed by atoms with Crippen LogP contribution in [-0.4, -0.2) is 28.0 Å². The van der Waals surface area contributed by atoms with Crippen LogP contribution in [0.25, 0.3) is 0 Å². The minimum Gasteiger partial charge on any atom is -0.462 e. The fraction of sp³-hybridized carbons (Fsp3) is 0.583. The molecule has 0 aliphatic heterocycles. The van der Waals surface area contributed by atoms with Gasteiger partial charge in [-0.25, -0.2) is 4.79 Å². The number of H-pyrrole nitrogens is 1. The minimum atomic E-state index is -0.238. The average molecular weight is 235 g/mol. The maximum Gasteiger partial charge on any atom is 0.330 e. The summed E-state index contributed by atoms with van der Waals surface area (Å²) in [4.78, 5) is 11.5. The Morgan fingerprint density at radius 2 is 2.59 bits per heavy atom. The van der Waals surface area contributed by atoms with E-state index in [1.807, 2.05) is 0 Å². The van der Waals surface area contributed by atoms with Crippen molar-refractivity contribution in [2.45, 2.75) is 32.6 Å². The van der Waals surface area contributed by atoms with Gasteiger partial charge in [0.05, 0.1) is 18.5 Å². The number of carbonyl (C=O) groups is 1. The van der Waals surface area contributed by atoms with E-state index in [0.717, 1.165) is 18.5 Å². The van der Waals surface area contributed by atoms with Gasteiger partial charge >= 0.3 is 5.97 Å². The largest absolute Gasteiger partial charge is 0.462 e. The predicted octanol–water partition coefficient (Wildman–Crippen LogP) is 1.64. The molecular formula is C12H17N3O2. The summed E-state index contributed by atoms with van der Waals surface area (Å²) in [5.41, 5.74) is 2.02. The van der Waals surface area contributed by atoms with E-state index in [1.54, 1.807) is 12.3 Å². The van der Waals surface area contributed by atoms with Crippen LogP contribution < -0.4 is 0 Å². The van der Waals surface area contributed by atoms with Crippen molar-refractivity contribution in [3.8, 4) is 0 Å². The topological polar surface area (TPSA) is 67.9 Å². The quantitative estimate of drug-likeness (QED) is 0.636. The lowest BCUT2D eigenvalue weighted by molar-refractivity contribution is -0.137. The van der Waals surface area contributed by atoms with Crippen LogP contribution in [0, 0.1) is 5.92 Å². The molecule has 1 aliphatic rings. The van der Waals surface area contributed by atoms with Crippen molar-refractivity contribution in [2.75, 3.05) is 6.61 Å². The molecule has 5 nitrogen and oxygen atoms in total. The minimum absolute atomic E-state index is 0.238. The molecule has 0 saturated heterocycles. The zero-order valence-corrected chi connectivity index (χ0v) is 9.98. The van der Waals surface area contributed by atoms with Crippen molar-refractivity contribution in [1.82, 2.24) is 15.4 Å². The van der Waals surface area contributed by atoms with Crippen LogP contribution in [0.5, 0.6) is 0 Å². The molecule has 1 N–H and O–H groups in total. The van der Waals surface area contributed by atoms with Crippen LogP contribution in [-0.2, 0) is 16.0 Å². The Hall–Kier alpha value is -1.65. The van der Waals surface area contributed by atoms with Crippen LogP contribution in [0.3, 0.4) is 0 Å². The van der Waals surface area contributed by atoms with Gasteiger partial charge in [-0.15, -0.1) is 0 Å². The number of nitrogens with one attached hydrogen (secondary N) is 1. The molecule has 1 atom stereocenters. The lowest BCUT2D eigenvalue weighted by Crippen LogP contribution is -2.05. The highest BCUT2D eigenvalue weighted by atomic mass is 16.5. The highest BCUT2D eigenvalue weighted by Crippen LogP contribution is 2.29. The van der Waals surface area contributed by atoms with Crippen molar-refractivity contribution in [3.63, 3.8) is 0 Å². The van der Waals surface area contributed by atoms with Gasteiger partial charge in [0.25, 0.3) is 0 Å². The fourth-order valence-corrected chi connectivity index (χ4v) is 2.02. The first-order chi connectivity index (χ1) is 8.24. The summed E-state index contributed by atoms with van der Waals surface area (Å²) in [7, 11) is 0. The van der Waals surface area contributed by atoms with Gasteiger partial charge in [-0.2, -0.15) is 15.4 Å². The highest BCUT2D eigenvalue weighted by molar-refractivity contribution is 5.82. The molecule has 1 heterocycles. The van der Waals surface area contributed by atoms with E-state index >= 15 is 0 Å². The third-order valence-electron chi connectivity index (χ3n) is 2.96. The molecule has 0 bridgehead atoms. The average Bonchev–Trinajstić information content (AvgIpc) is 2.90. The summed E-state index contributed by atoms with van der Waals surface area (Å²) in [5.74, 6) is 0.460. The summed E-state index contributed by atoms with van der Waals surface area (Å²) in [6.07, 6.45) is 7.11. The predicted molar refractivity (Wildman–Crippen MR) is 62.1 cm³/mol. The molecule has 1 unspecified atom stereocenters. The first kappa shape index (κ1) is 11.8. The number of esters is 1. The van der Waals surface area contributed by atoms with Crippen LogP contribution in [0.1, 0.15) is 31.9 Å². The Labute approximate surface area is 100 Å². The van der Waals surface area contributed by atoms with Crippen LogP contribution >= 0.6 is 0 Å². The van der Waals surface area contributed by atoms with Crippen molar-refractivity contribution in [3.05, 3.63) is 23.5 Å². The van der Waals surface area contributed by atoms with Gasteiger partial charge in [-0.05, 0) is 25.2 Å². The van der Waals surface area contributed by atoms with Gasteiger partial charge in [-0.1, -0.05) is 12.5 Å². The van der Waals surface area contributed by atoms with E-state index in [9.17, 15) is 4.79 Å². The number of aromatic nitrogens is 3. The molecular weight excluding hydrogens is 218 g/mol. The lowest BCUT2D eigenvalue weighted by atomic mass is 10.1. The zero-order chi connectivity index (χ0) is 12.1. The van der Waals surface area contributed by atoms with E-state index < -0.39 is 0 Å². The van der Waals surface area contributed by atoms with Crippen LogP contribution in [0.15, 0.2) is 17.8 Å². The molecule has 5 heteroatoms. The van der Waals surface area contributed by atoms with E-state index in [1.165, 1.54) is 12.0 Å². The zero-order valence-electron chi connectivity index (χ0n) is 9.98. The Kier molecular flexibility index (Phi) is 3.90. The number of rotatable bonds is 4. The molecule has 0 radical (unpaired) electrons. The summed E-state index contributed by atoms with van der Waals surface area (Å²) >= 11 is 0. The SMILES string of the molecule is CC1CC/C(=C\C(=O)OCCc2cn[nH]n2)C1. The maximum absolute atomic E-state index is 11.5. The van der Waals surface area contributed by atoms with E-state index in [4.69, 9.17) is 4.74 Å². The number of aromatic amines is 1. The smallest absolute Gasteiger partial charge is 0.330 e. The Bertz CT molecular complexity index is 398. The molecule has 92 valence electrons. The van der Waals surface area contributed by atoms with E-state index in [0.29, 0.717) is 18.9 Å². The molecule has 0 aromatic carbocycles. The maximum atomic E-state index is 11.5. The second kappa shape index (κ2) is 5.61. The van der Waals surface area contributed by atoms with Gasteiger partial charge in [0, 0.05) is 12.5 Å². The molecule has 17 heavy (non-hydrogen) atoms. The summed E-state index contributed by atoms with van der Waals surface area (Å²) in [6.45, 7) is 2.56. The molecule has 2 rings (SSSR count). The third kappa shape index (κ3) is 3.69. The Morgan fingerprint density at radius 3 is 3.24 bits per heavy atom.